The largest absolute Gasteiger partial charge is 0.497 e. The van der Waals surface area contributed by atoms with Crippen molar-refractivity contribution in [2.45, 2.75) is 25.7 Å². The van der Waals surface area contributed by atoms with Gasteiger partial charge in [-0.1, -0.05) is 24.3 Å². The standard InChI is InChI=1S/C26H22F3NO5/c1-33-20-6-5-17(10-24(31)32)23(11-20)34-13-19-14-35-25-21(19)8-18(9-22(25)26(27,28)29)16-4-2-3-15(7-16)12-30/h2-9,11,14H,10,12-13,30H2,1H3,(H,31,32). The third-order valence-corrected chi connectivity index (χ3v) is 5.55. The smallest absolute Gasteiger partial charge is 0.420 e. The summed E-state index contributed by atoms with van der Waals surface area (Å²) in [5, 5.41) is 9.42. The highest BCUT2D eigenvalue weighted by molar-refractivity contribution is 5.89. The second kappa shape index (κ2) is 9.71. The Labute approximate surface area is 198 Å². The van der Waals surface area contributed by atoms with Gasteiger partial charge in [0.2, 0.25) is 0 Å². The van der Waals surface area contributed by atoms with E-state index in [9.17, 15) is 23.1 Å². The summed E-state index contributed by atoms with van der Waals surface area (Å²) < 4.78 is 58.0. The zero-order chi connectivity index (χ0) is 25.2. The zero-order valence-electron chi connectivity index (χ0n) is 18.7. The van der Waals surface area contributed by atoms with Crippen LogP contribution in [-0.4, -0.2) is 18.2 Å². The normalized spacial score (nSPS) is 11.6. The molecule has 0 fully saturated rings. The van der Waals surface area contributed by atoms with Gasteiger partial charge in [0.1, 0.15) is 23.7 Å². The van der Waals surface area contributed by atoms with Gasteiger partial charge in [0.25, 0.3) is 0 Å². The lowest BCUT2D eigenvalue weighted by molar-refractivity contribution is -0.137. The number of carboxylic acid groups (broad SMARTS) is 1. The van der Waals surface area contributed by atoms with E-state index in [-0.39, 0.29) is 36.3 Å². The van der Waals surface area contributed by atoms with Crippen LogP contribution >= 0.6 is 0 Å². The number of furan rings is 1. The second-order valence-corrected chi connectivity index (χ2v) is 7.90. The number of methoxy groups -OCH3 is 1. The van der Waals surface area contributed by atoms with Gasteiger partial charge in [-0.2, -0.15) is 13.2 Å². The van der Waals surface area contributed by atoms with Gasteiger partial charge >= 0.3 is 12.1 Å². The van der Waals surface area contributed by atoms with Crippen molar-refractivity contribution in [3.63, 3.8) is 0 Å². The summed E-state index contributed by atoms with van der Waals surface area (Å²) in [6, 6.07) is 14.4. The number of halogens is 3. The van der Waals surface area contributed by atoms with Crippen LogP contribution in [0.15, 0.2) is 65.3 Å². The number of nitrogens with two attached hydrogens (primary N) is 1. The third-order valence-electron chi connectivity index (χ3n) is 5.55. The van der Waals surface area contributed by atoms with Crippen LogP contribution in [0.3, 0.4) is 0 Å². The molecule has 0 saturated heterocycles. The summed E-state index contributed by atoms with van der Waals surface area (Å²) in [4.78, 5) is 11.2. The van der Waals surface area contributed by atoms with Crippen LogP contribution in [0, 0.1) is 0 Å². The van der Waals surface area contributed by atoms with Gasteiger partial charge in [-0.05, 0) is 41.0 Å². The number of alkyl halides is 3. The molecule has 35 heavy (non-hydrogen) atoms. The Bertz CT molecular complexity index is 1380. The molecule has 3 aromatic carbocycles. The molecule has 4 rings (SSSR count). The minimum atomic E-state index is -4.64. The molecule has 0 amide bonds. The molecule has 6 nitrogen and oxygen atoms in total. The molecule has 1 heterocycles. The summed E-state index contributed by atoms with van der Waals surface area (Å²) in [5.74, 6) is -0.343. The van der Waals surface area contributed by atoms with Crippen molar-refractivity contribution in [2.75, 3.05) is 7.11 Å². The molecule has 0 spiro atoms. The molecular weight excluding hydrogens is 463 g/mol. The van der Waals surface area contributed by atoms with Crippen LogP contribution < -0.4 is 15.2 Å². The molecule has 0 saturated carbocycles. The average Bonchev–Trinajstić information content (AvgIpc) is 3.24. The summed E-state index contributed by atoms with van der Waals surface area (Å²) in [6.45, 7) is 0.114. The molecule has 0 aliphatic heterocycles. The van der Waals surface area contributed by atoms with E-state index < -0.39 is 17.7 Å². The number of benzene rings is 3. The van der Waals surface area contributed by atoms with Gasteiger partial charge in [-0.25, -0.2) is 0 Å². The number of carboxylic acids is 1. The van der Waals surface area contributed by atoms with Crippen molar-refractivity contribution < 1.29 is 37.0 Å². The topological polar surface area (TPSA) is 94.9 Å². The fourth-order valence-corrected chi connectivity index (χ4v) is 3.82. The first kappa shape index (κ1) is 24.2. The molecule has 1 aromatic heterocycles. The summed E-state index contributed by atoms with van der Waals surface area (Å²) >= 11 is 0. The van der Waals surface area contributed by atoms with E-state index in [4.69, 9.17) is 19.6 Å². The van der Waals surface area contributed by atoms with Gasteiger partial charge < -0.3 is 24.7 Å². The van der Waals surface area contributed by atoms with Crippen LogP contribution in [0.5, 0.6) is 11.5 Å². The van der Waals surface area contributed by atoms with E-state index in [0.29, 0.717) is 28.0 Å². The summed E-state index contributed by atoms with van der Waals surface area (Å²) in [6.07, 6.45) is -3.71. The Morgan fingerprint density at radius 1 is 1.06 bits per heavy atom. The number of fused-ring (bicyclic) bond motifs is 1. The zero-order valence-corrected chi connectivity index (χ0v) is 18.7. The van der Waals surface area contributed by atoms with Gasteiger partial charge in [-0.3, -0.25) is 4.79 Å². The highest BCUT2D eigenvalue weighted by atomic mass is 19.4. The first-order chi connectivity index (χ1) is 16.7. The highest BCUT2D eigenvalue weighted by Crippen LogP contribution is 2.40. The third kappa shape index (κ3) is 5.25. The first-order valence-electron chi connectivity index (χ1n) is 10.6. The van der Waals surface area contributed by atoms with Crippen LogP contribution in [0.1, 0.15) is 22.3 Å². The van der Waals surface area contributed by atoms with Gasteiger partial charge in [-0.15, -0.1) is 0 Å². The molecule has 0 atom stereocenters. The van der Waals surface area contributed by atoms with Crippen molar-refractivity contribution in [3.8, 4) is 22.6 Å². The van der Waals surface area contributed by atoms with E-state index in [2.05, 4.69) is 0 Å². The number of ether oxygens (including phenoxy) is 2. The van der Waals surface area contributed by atoms with E-state index in [1.807, 2.05) is 0 Å². The molecule has 9 heteroatoms. The van der Waals surface area contributed by atoms with Gasteiger partial charge in [0.05, 0.1) is 25.4 Å². The monoisotopic (exact) mass is 485 g/mol. The SMILES string of the molecule is COc1ccc(CC(=O)O)c(OCc2coc3c(C(F)(F)F)cc(-c4cccc(CN)c4)cc23)c1. The lowest BCUT2D eigenvalue weighted by atomic mass is 9.97. The fraction of sp³-hybridized carbons (Fsp3) is 0.192. The predicted octanol–water partition coefficient (Wildman–Crippen LogP) is 5.79. The maximum atomic E-state index is 13.9. The van der Waals surface area contributed by atoms with Crippen LogP contribution in [0.4, 0.5) is 13.2 Å². The molecule has 3 N–H and O–H groups in total. The molecule has 4 aromatic rings. The lowest BCUT2D eigenvalue weighted by Gasteiger charge is -2.13. The quantitative estimate of drug-likeness (QED) is 0.328. The van der Waals surface area contributed by atoms with Crippen molar-refractivity contribution in [1.82, 2.24) is 0 Å². The average molecular weight is 485 g/mol. The minimum absolute atomic E-state index is 0.142. The maximum absolute atomic E-state index is 13.9. The van der Waals surface area contributed by atoms with E-state index in [1.165, 1.54) is 19.4 Å². The molecule has 0 bridgehead atoms. The molecule has 0 unspecified atom stereocenters. The van der Waals surface area contributed by atoms with Crippen LogP contribution in [0.25, 0.3) is 22.1 Å². The minimum Gasteiger partial charge on any atom is -0.497 e. The van der Waals surface area contributed by atoms with Crippen molar-refractivity contribution in [1.29, 1.82) is 0 Å². The molecule has 0 radical (unpaired) electrons. The molecule has 182 valence electrons. The van der Waals surface area contributed by atoms with Gasteiger partial charge in [0, 0.05) is 29.1 Å². The number of aliphatic carboxylic acids is 1. The van der Waals surface area contributed by atoms with E-state index in [1.54, 1.807) is 42.5 Å². The van der Waals surface area contributed by atoms with Crippen LogP contribution in [0.2, 0.25) is 0 Å². The Balaban J connectivity index is 1.76. The van der Waals surface area contributed by atoms with Crippen molar-refractivity contribution >= 4 is 16.9 Å². The second-order valence-electron chi connectivity index (χ2n) is 7.90. The Kier molecular flexibility index (Phi) is 6.70. The maximum Gasteiger partial charge on any atom is 0.420 e. The number of hydrogen-bond donors (Lipinski definition) is 2. The van der Waals surface area contributed by atoms with Crippen LogP contribution in [-0.2, 0) is 30.5 Å². The molecular formula is C26H22F3NO5. The predicted molar refractivity (Wildman–Crippen MR) is 123 cm³/mol. The number of rotatable bonds is 8. The van der Waals surface area contributed by atoms with E-state index in [0.717, 1.165) is 11.6 Å². The Morgan fingerprint density at radius 2 is 1.86 bits per heavy atom. The Morgan fingerprint density at radius 3 is 2.54 bits per heavy atom. The lowest BCUT2D eigenvalue weighted by Crippen LogP contribution is -2.06. The Hall–Kier alpha value is -3.98. The molecule has 0 aliphatic carbocycles. The summed E-state index contributed by atoms with van der Waals surface area (Å²) in [7, 11) is 1.46. The van der Waals surface area contributed by atoms with Crippen molar-refractivity contribution in [2.24, 2.45) is 5.73 Å². The van der Waals surface area contributed by atoms with Crippen molar-refractivity contribution in [3.05, 3.63) is 83.1 Å². The number of hydrogen-bond acceptors (Lipinski definition) is 5. The summed E-state index contributed by atoms with van der Waals surface area (Å²) in [5.41, 5.74) is 7.01. The van der Waals surface area contributed by atoms with E-state index >= 15 is 0 Å². The fourth-order valence-electron chi connectivity index (χ4n) is 3.82. The number of carbonyl (C=O) groups is 1. The molecule has 0 aliphatic rings. The van der Waals surface area contributed by atoms with Gasteiger partial charge in [0.15, 0.2) is 0 Å². The highest BCUT2D eigenvalue weighted by Gasteiger charge is 2.35. The first-order valence-corrected chi connectivity index (χ1v) is 10.6.